The molecule has 3 rings (SSSR count). The SMILES string of the molecule is CC(C)c1cc(=O)[nH]c2c1ccc1ccccc12. The molecule has 2 aromatic carbocycles. The van der Waals surface area contributed by atoms with E-state index in [9.17, 15) is 4.79 Å². The first-order chi connectivity index (χ1) is 8.66. The first-order valence-corrected chi connectivity index (χ1v) is 6.21. The molecular formula is C16H15NO. The lowest BCUT2D eigenvalue weighted by molar-refractivity contribution is 0.872. The largest absolute Gasteiger partial charge is 0.321 e. The van der Waals surface area contributed by atoms with Crippen molar-refractivity contribution in [1.29, 1.82) is 0 Å². The predicted octanol–water partition coefficient (Wildman–Crippen LogP) is 3.80. The van der Waals surface area contributed by atoms with E-state index in [0.29, 0.717) is 5.92 Å². The third-order valence-corrected chi connectivity index (χ3v) is 3.40. The molecule has 1 aromatic heterocycles. The second-order valence-electron chi connectivity index (χ2n) is 4.95. The van der Waals surface area contributed by atoms with E-state index in [-0.39, 0.29) is 5.56 Å². The van der Waals surface area contributed by atoms with Crippen LogP contribution >= 0.6 is 0 Å². The van der Waals surface area contributed by atoms with Crippen molar-refractivity contribution in [3.63, 3.8) is 0 Å². The zero-order valence-corrected chi connectivity index (χ0v) is 10.5. The minimum absolute atomic E-state index is 0.0254. The summed E-state index contributed by atoms with van der Waals surface area (Å²) in [5.74, 6) is 0.343. The molecule has 0 radical (unpaired) electrons. The summed E-state index contributed by atoms with van der Waals surface area (Å²) in [4.78, 5) is 14.8. The van der Waals surface area contributed by atoms with E-state index < -0.39 is 0 Å². The number of rotatable bonds is 1. The summed E-state index contributed by atoms with van der Waals surface area (Å²) in [6, 6.07) is 14.1. The Bertz CT molecular complexity index is 784. The van der Waals surface area contributed by atoms with E-state index in [4.69, 9.17) is 0 Å². The van der Waals surface area contributed by atoms with Gasteiger partial charge in [-0.25, -0.2) is 0 Å². The van der Waals surface area contributed by atoms with Gasteiger partial charge in [-0.15, -0.1) is 0 Å². The van der Waals surface area contributed by atoms with Crippen LogP contribution in [0.15, 0.2) is 47.3 Å². The van der Waals surface area contributed by atoms with Crippen molar-refractivity contribution in [2.45, 2.75) is 19.8 Å². The van der Waals surface area contributed by atoms with Gasteiger partial charge in [-0.05, 0) is 16.9 Å². The maximum atomic E-state index is 11.8. The molecule has 0 saturated carbocycles. The molecular weight excluding hydrogens is 222 g/mol. The third kappa shape index (κ3) is 1.61. The number of aromatic nitrogens is 1. The number of hydrogen-bond acceptors (Lipinski definition) is 1. The summed E-state index contributed by atoms with van der Waals surface area (Å²) in [5, 5.41) is 3.40. The fraction of sp³-hybridized carbons (Fsp3) is 0.188. The van der Waals surface area contributed by atoms with Gasteiger partial charge in [0.15, 0.2) is 0 Å². The highest BCUT2D eigenvalue weighted by Crippen LogP contribution is 2.28. The number of pyridine rings is 1. The van der Waals surface area contributed by atoms with Crippen LogP contribution in [0.1, 0.15) is 25.3 Å². The van der Waals surface area contributed by atoms with Crippen molar-refractivity contribution in [3.8, 4) is 0 Å². The van der Waals surface area contributed by atoms with Gasteiger partial charge in [-0.2, -0.15) is 0 Å². The Hall–Kier alpha value is -2.09. The van der Waals surface area contributed by atoms with Crippen molar-refractivity contribution >= 4 is 21.7 Å². The Labute approximate surface area is 105 Å². The maximum absolute atomic E-state index is 11.8. The Morgan fingerprint density at radius 2 is 1.78 bits per heavy atom. The van der Waals surface area contributed by atoms with Gasteiger partial charge in [0.25, 0.3) is 0 Å². The van der Waals surface area contributed by atoms with Crippen molar-refractivity contribution in [2.75, 3.05) is 0 Å². The first-order valence-electron chi connectivity index (χ1n) is 6.21. The van der Waals surface area contributed by atoms with Gasteiger partial charge in [0.2, 0.25) is 5.56 Å². The normalized spacial score (nSPS) is 11.5. The molecule has 0 bridgehead atoms. The standard InChI is InChI=1S/C16H15NO/c1-10(2)14-9-15(18)17-16-12-6-4-3-5-11(12)7-8-13(14)16/h3-10H,1-2H3,(H,17,18). The number of benzene rings is 2. The fourth-order valence-electron chi connectivity index (χ4n) is 2.50. The lowest BCUT2D eigenvalue weighted by Crippen LogP contribution is -2.07. The average Bonchev–Trinajstić information content (AvgIpc) is 2.37. The van der Waals surface area contributed by atoms with E-state index in [0.717, 1.165) is 27.2 Å². The molecule has 0 amide bonds. The molecule has 90 valence electrons. The van der Waals surface area contributed by atoms with Gasteiger partial charge in [0.05, 0.1) is 5.52 Å². The highest BCUT2D eigenvalue weighted by atomic mass is 16.1. The molecule has 1 N–H and O–H groups in total. The minimum Gasteiger partial charge on any atom is -0.321 e. The van der Waals surface area contributed by atoms with Gasteiger partial charge in [-0.1, -0.05) is 50.2 Å². The summed E-state index contributed by atoms with van der Waals surface area (Å²) in [6.07, 6.45) is 0. The van der Waals surface area contributed by atoms with Crippen LogP contribution in [0.5, 0.6) is 0 Å². The summed E-state index contributed by atoms with van der Waals surface area (Å²) in [7, 11) is 0. The topological polar surface area (TPSA) is 32.9 Å². The van der Waals surface area contributed by atoms with Gasteiger partial charge in [0.1, 0.15) is 0 Å². The van der Waals surface area contributed by atoms with Crippen LogP contribution in [0.2, 0.25) is 0 Å². The zero-order chi connectivity index (χ0) is 12.7. The molecule has 0 atom stereocenters. The van der Waals surface area contributed by atoms with Crippen LogP contribution in [0.3, 0.4) is 0 Å². The average molecular weight is 237 g/mol. The second-order valence-corrected chi connectivity index (χ2v) is 4.95. The fourth-order valence-corrected chi connectivity index (χ4v) is 2.50. The smallest absolute Gasteiger partial charge is 0.248 e. The highest BCUT2D eigenvalue weighted by molar-refractivity contribution is 6.06. The quantitative estimate of drug-likeness (QED) is 0.641. The highest BCUT2D eigenvalue weighted by Gasteiger charge is 2.09. The number of aromatic amines is 1. The summed E-state index contributed by atoms with van der Waals surface area (Å²) >= 11 is 0. The van der Waals surface area contributed by atoms with E-state index >= 15 is 0 Å². The van der Waals surface area contributed by atoms with E-state index in [1.165, 1.54) is 0 Å². The van der Waals surface area contributed by atoms with E-state index in [1.807, 2.05) is 12.1 Å². The van der Waals surface area contributed by atoms with E-state index in [1.54, 1.807) is 6.07 Å². The summed E-state index contributed by atoms with van der Waals surface area (Å²) < 4.78 is 0. The van der Waals surface area contributed by atoms with Crippen LogP contribution in [0, 0.1) is 0 Å². The number of hydrogen-bond donors (Lipinski definition) is 1. The van der Waals surface area contributed by atoms with Gasteiger partial charge >= 0.3 is 0 Å². The molecule has 0 unspecified atom stereocenters. The predicted molar refractivity (Wildman–Crippen MR) is 76.2 cm³/mol. The molecule has 2 heteroatoms. The minimum atomic E-state index is -0.0254. The number of fused-ring (bicyclic) bond motifs is 3. The first kappa shape index (κ1) is 11.0. The lowest BCUT2D eigenvalue weighted by atomic mass is 9.96. The van der Waals surface area contributed by atoms with Crippen molar-refractivity contribution in [1.82, 2.24) is 4.98 Å². The van der Waals surface area contributed by atoms with Gasteiger partial charge in [-0.3, -0.25) is 4.79 Å². The van der Waals surface area contributed by atoms with Gasteiger partial charge in [0, 0.05) is 16.8 Å². The van der Waals surface area contributed by atoms with E-state index in [2.05, 4.69) is 43.1 Å². The van der Waals surface area contributed by atoms with Crippen LogP contribution in [0.4, 0.5) is 0 Å². The Kier molecular flexibility index (Phi) is 2.44. The Balaban J connectivity index is 2.55. The lowest BCUT2D eigenvalue weighted by Gasteiger charge is -2.11. The van der Waals surface area contributed by atoms with Crippen LogP contribution < -0.4 is 5.56 Å². The molecule has 2 nitrogen and oxygen atoms in total. The second kappa shape index (κ2) is 3.98. The van der Waals surface area contributed by atoms with Crippen molar-refractivity contribution in [3.05, 3.63) is 58.4 Å². The summed E-state index contributed by atoms with van der Waals surface area (Å²) in [5.41, 5.74) is 2.03. The third-order valence-electron chi connectivity index (χ3n) is 3.40. The number of nitrogens with one attached hydrogen (secondary N) is 1. The Morgan fingerprint density at radius 3 is 2.56 bits per heavy atom. The number of H-pyrrole nitrogens is 1. The molecule has 18 heavy (non-hydrogen) atoms. The molecule has 0 fully saturated rings. The molecule has 1 heterocycles. The molecule has 0 aliphatic carbocycles. The van der Waals surface area contributed by atoms with Crippen LogP contribution in [-0.4, -0.2) is 4.98 Å². The molecule has 0 aliphatic rings. The summed E-state index contributed by atoms with van der Waals surface area (Å²) in [6.45, 7) is 4.23. The molecule has 0 aliphatic heterocycles. The van der Waals surface area contributed by atoms with Gasteiger partial charge < -0.3 is 4.98 Å². The monoisotopic (exact) mass is 237 g/mol. The zero-order valence-electron chi connectivity index (χ0n) is 10.5. The Morgan fingerprint density at radius 1 is 1.00 bits per heavy atom. The molecule has 0 spiro atoms. The maximum Gasteiger partial charge on any atom is 0.248 e. The van der Waals surface area contributed by atoms with Crippen molar-refractivity contribution < 1.29 is 0 Å². The molecule has 3 aromatic rings. The van der Waals surface area contributed by atoms with Crippen molar-refractivity contribution in [2.24, 2.45) is 0 Å². The van der Waals surface area contributed by atoms with Crippen LogP contribution in [-0.2, 0) is 0 Å². The molecule has 0 saturated heterocycles. The van der Waals surface area contributed by atoms with Crippen LogP contribution in [0.25, 0.3) is 21.7 Å².